The third-order valence-corrected chi connectivity index (χ3v) is 3.28. The highest BCUT2D eigenvalue weighted by atomic mass is 19.1. The number of nitrogens with one attached hydrogen (secondary N) is 1. The number of halogens is 1. The minimum Gasteiger partial charge on any atom is -0.381 e. The topological polar surface area (TPSA) is 77.2 Å². The standard InChI is InChI=1S/C12H16FN3O2/c13-9-2-1-3-10(15-9)16-11(17)12(8-14)4-6-18-7-5-12/h1-3H,4-8,14H2,(H,15,16,17). The number of carbonyl (C=O) groups is 1. The molecule has 1 amide bonds. The van der Waals surface area contributed by atoms with Gasteiger partial charge in [0.2, 0.25) is 11.9 Å². The van der Waals surface area contributed by atoms with Crippen molar-refractivity contribution in [3.05, 3.63) is 24.1 Å². The van der Waals surface area contributed by atoms with Crippen LogP contribution >= 0.6 is 0 Å². The number of hydrogen-bond donors (Lipinski definition) is 2. The Labute approximate surface area is 105 Å². The fourth-order valence-electron chi connectivity index (χ4n) is 2.01. The number of hydrogen-bond acceptors (Lipinski definition) is 4. The maximum absolute atomic E-state index is 12.9. The number of amides is 1. The first-order chi connectivity index (χ1) is 8.66. The largest absolute Gasteiger partial charge is 0.381 e. The van der Waals surface area contributed by atoms with Crippen LogP contribution in [0.3, 0.4) is 0 Å². The van der Waals surface area contributed by atoms with E-state index in [0.717, 1.165) is 0 Å². The third-order valence-electron chi connectivity index (χ3n) is 3.28. The number of ether oxygens (including phenoxy) is 1. The lowest BCUT2D eigenvalue weighted by atomic mass is 9.79. The minimum absolute atomic E-state index is 0.208. The molecule has 6 heteroatoms. The van der Waals surface area contributed by atoms with Crippen LogP contribution in [0.5, 0.6) is 0 Å². The molecule has 5 nitrogen and oxygen atoms in total. The Kier molecular flexibility index (Phi) is 3.88. The molecule has 1 aromatic rings. The van der Waals surface area contributed by atoms with Gasteiger partial charge in [0.05, 0.1) is 5.41 Å². The molecular weight excluding hydrogens is 237 g/mol. The van der Waals surface area contributed by atoms with Crippen molar-refractivity contribution >= 4 is 11.7 Å². The minimum atomic E-state index is -0.633. The molecule has 0 radical (unpaired) electrons. The molecule has 98 valence electrons. The molecule has 1 fully saturated rings. The van der Waals surface area contributed by atoms with Crippen LogP contribution in [-0.4, -0.2) is 30.6 Å². The lowest BCUT2D eigenvalue weighted by molar-refractivity contribution is -0.130. The van der Waals surface area contributed by atoms with Crippen LogP contribution in [0.25, 0.3) is 0 Å². The zero-order chi connectivity index (χ0) is 13.0. The molecule has 1 aliphatic heterocycles. The summed E-state index contributed by atoms with van der Waals surface area (Å²) in [5.74, 6) is -0.632. The zero-order valence-corrected chi connectivity index (χ0v) is 9.99. The first kappa shape index (κ1) is 12.9. The summed E-state index contributed by atoms with van der Waals surface area (Å²) in [5.41, 5.74) is 5.08. The molecular formula is C12H16FN3O2. The second-order valence-corrected chi connectivity index (χ2v) is 4.40. The highest BCUT2D eigenvalue weighted by Gasteiger charge is 2.38. The normalized spacial score (nSPS) is 18.3. The van der Waals surface area contributed by atoms with Crippen molar-refractivity contribution < 1.29 is 13.9 Å². The van der Waals surface area contributed by atoms with Crippen molar-refractivity contribution in [2.24, 2.45) is 11.1 Å². The van der Waals surface area contributed by atoms with Gasteiger partial charge in [-0.2, -0.15) is 4.39 Å². The monoisotopic (exact) mass is 253 g/mol. The van der Waals surface area contributed by atoms with Crippen LogP contribution in [0.4, 0.5) is 10.2 Å². The van der Waals surface area contributed by atoms with Gasteiger partial charge in [0, 0.05) is 19.8 Å². The van der Waals surface area contributed by atoms with Crippen molar-refractivity contribution in [1.29, 1.82) is 0 Å². The fraction of sp³-hybridized carbons (Fsp3) is 0.500. The van der Waals surface area contributed by atoms with Crippen LogP contribution in [0, 0.1) is 11.4 Å². The smallest absolute Gasteiger partial charge is 0.233 e. The van der Waals surface area contributed by atoms with E-state index < -0.39 is 11.4 Å². The number of aromatic nitrogens is 1. The van der Waals surface area contributed by atoms with E-state index in [1.807, 2.05) is 0 Å². The molecule has 2 rings (SSSR count). The second kappa shape index (κ2) is 5.41. The third kappa shape index (κ3) is 2.65. The first-order valence-electron chi connectivity index (χ1n) is 5.88. The Morgan fingerprint density at radius 3 is 2.83 bits per heavy atom. The quantitative estimate of drug-likeness (QED) is 0.785. The van der Waals surface area contributed by atoms with Crippen LogP contribution in [0.2, 0.25) is 0 Å². The van der Waals surface area contributed by atoms with Crippen molar-refractivity contribution in [2.75, 3.05) is 25.1 Å². The van der Waals surface area contributed by atoms with Crippen molar-refractivity contribution in [2.45, 2.75) is 12.8 Å². The summed E-state index contributed by atoms with van der Waals surface area (Å²) in [6, 6.07) is 4.27. The van der Waals surface area contributed by atoms with Crippen LogP contribution in [-0.2, 0) is 9.53 Å². The van der Waals surface area contributed by atoms with E-state index in [9.17, 15) is 9.18 Å². The fourth-order valence-corrected chi connectivity index (χ4v) is 2.01. The Bertz CT molecular complexity index is 433. The summed E-state index contributed by atoms with van der Waals surface area (Å²) in [5, 5.41) is 2.62. The number of carbonyl (C=O) groups excluding carboxylic acids is 1. The lowest BCUT2D eigenvalue weighted by Gasteiger charge is -2.34. The predicted octanol–water partition coefficient (Wildman–Crippen LogP) is 0.915. The van der Waals surface area contributed by atoms with Gasteiger partial charge in [-0.25, -0.2) is 4.98 Å². The van der Waals surface area contributed by atoms with Gasteiger partial charge in [-0.3, -0.25) is 4.79 Å². The van der Waals surface area contributed by atoms with Gasteiger partial charge in [0.1, 0.15) is 5.82 Å². The summed E-state index contributed by atoms with van der Waals surface area (Å²) in [4.78, 5) is 15.8. The van der Waals surface area contributed by atoms with Crippen LogP contribution in [0.1, 0.15) is 12.8 Å². The molecule has 0 bridgehead atoms. The van der Waals surface area contributed by atoms with Gasteiger partial charge >= 0.3 is 0 Å². The summed E-state index contributed by atoms with van der Waals surface area (Å²) in [6.07, 6.45) is 1.15. The van der Waals surface area contributed by atoms with E-state index in [1.165, 1.54) is 12.1 Å². The Balaban J connectivity index is 2.10. The van der Waals surface area contributed by atoms with Gasteiger partial charge in [0.25, 0.3) is 0 Å². The van der Waals surface area contributed by atoms with Crippen molar-refractivity contribution in [3.8, 4) is 0 Å². The Morgan fingerprint density at radius 2 is 2.22 bits per heavy atom. The molecule has 3 N–H and O–H groups in total. The van der Waals surface area contributed by atoms with E-state index in [4.69, 9.17) is 10.5 Å². The van der Waals surface area contributed by atoms with Crippen molar-refractivity contribution in [1.82, 2.24) is 4.98 Å². The van der Waals surface area contributed by atoms with Crippen LogP contribution in [0.15, 0.2) is 18.2 Å². The van der Waals surface area contributed by atoms with E-state index in [1.54, 1.807) is 6.07 Å². The van der Waals surface area contributed by atoms with E-state index >= 15 is 0 Å². The lowest BCUT2D eigenvalue weighted by Crippen LogP contribution is -2.46. The predicted molar refractivity (Wildman–Crippen MR) is 64.4 cm³/mol. The molecule has 0 unspecified atom stereocenters. The first-order valence-corrected chi connectivity index (χ1v) is 5.88. The summed E-state index contributed by atoms with van der Waals surface area (Å²) < 4.78 is 18.2. The number of pyridine rings is 1. The summed E-state index contributed by atoms with van der Waals surface area (Å²) in [7, 11) is 0. The van der Waals surface area contributed by atoms with E-state index in [0.29, 0.717) is 26.1 Å². The van der Waals surface area contributed by atoms with Crippen LogP contribution < -0.4 is 11.1 Å². The zero-order valence-electron chi connectivity index (χ0n) is 9.99. The van der Waals surface area contributed by atoms with Crippen molar-refractivity contribution in [3.63, 3.8) is 0 Å². The maximum Gasteiger partial charge on any atom is 0.233 e. The van der Waals surface area contributed by atoms with Gasteiger partial charge < -0.3 is 15.8 Å². The highest BCUT2D eigenvalue weighted by molar-refractivity contribution is 5.94. The number of nitrogens with zero attached hydrogens (tertiary/aromatic N) is 1. The molecule has 0 atom stereocenters. The molecule has 0 saturated carbocycles. The summed E-state index contributed by atoms with van der Waals surface area (Å²) >= 11 is 0. The van der Waals surface area contributed by atoms with E-state index in [2.05, 4.69) is 10.3 Å². The molecule has 1 aromatic heterocycles. The molecule has 0 aromatic carbocycles. The number of nitrogens with two attached hydrogens (primary N) is 1. The summed E-state index contributed by atoms with van der Waals surface area (Å²) in [6.45, 7) is 1.28. The number of rotatable bonds is 3. The number of anilines is 1. The molecule has 18 heavy (non-hydrogen) atoms. The van der Waals surface area contributed by atoms with Gasteiger partial charge in [-0.15, -0.1) is 0 Å². The van der Waals surface area contributed by atoms with Gasteiger partial charge in [-0.05, 0) is 25.0 Å². The average molecular weight is 253 g/mol. The molecule has 2 heterocycles. The maximum atomic E-state index is 12.9. The van der Waals surface area contributed by atoms with Gasteiger partial charge in [-0.1, -0.05) is 6.07 Å². The molecule has 0 spiro atoms. The molecule has 1 saturated heterocycles. The SMILES string of the molecule is NCC1(C(=O)Nc2cccc(F)n2)CCOCC1. The molecule has 1 aliphatic rings. The Morgan fingerprint density at radius 1 is 1.50 bits per heavy atom. The van der Waals surface area contributed by atoms with Gasteiger partial charge in [0.15, 0.2) is 0 Å². The Hall–Kier alpha value is -1.53. The highest BCUT2D eigenvalue weighted by Crippen LogP contribution is 2.30. The average Bonchev–Trinajstić information content (AvgIpc) is 2.39. The van der Waals surface area contributed by atoms with E-state index in [-0.39, 0.29) is 18.3 Å². The second-order valence-electron chi connectivity index (χ2n) is 4.40. The molecule has 0 aliphatic carbocycles.